The first-order valence-corrected chi connectivity index (χ1v) is 17.6. The van der Waals surface area contributed by atoms with Crippen molar-refractivity contribution in [3.63, 3.8) is 0 Å². The van der Waals surface area contributed by atoms with Gasteiger partial charge in [-0.3, -0.25) is 19.3 Å². The average Bonchev–Trinajstić information content (AvgIpc) is 3.70. The van der Waals surface area contributed by atoms with Gasteiger partial charge in [-0.15, -0.1) is 0 Å². The Balaban J connectivity index is 1.12. The summed E-state index contributed by atoms with van der Waals surface area (Å²) in [4.78, 5) is 46.5. The van der Waals surface area contributed by atoms with Crippen LogP contribution in [0.25, 0.3) is 11.3 Å². The molecule has 1 spiro atoms. The molecule has 57 heavy (non-hydrogen) atoms. The number of carboxylic acids is 1. The number of nitrogens with zero attached hydrogens (tertiary/aromatic N) is 5. The highest BCUT2D eigenvalue weighted by atomic mass is 19.4. The third-order valence-corrected chi connectivity index (χ3v) is 10.9. The fourth-order valence-electron chi connectivity index (χ4n) is 7.56. The van der Waals surface area contributed by atoms with E-state index in [4.69, 9.17) is 0 Å². The van der Waals surface area contributed by atoms with Gasteiger partial charge in [0.05, 0.1) is 35.1 Å². The second-order valence-electron chi connectivity index (χ2n) is 14.8. The first-order valence-electron chi connectivity index (χ1n) is 17.6. The number of hydrogen-bond donors (Lipinski definition) is 1. The van der Waals surface area contributed by atoms with E-state index in [2.05, 4.69) is 10.1 Å². The first kappa shape index (κ1) is 39.6. The van der Waals surface area contributed by atoms with Crippen molar-refractivity contribution in [2.24, 2.45) is 16.7 Å². The molecular weight excluding hydrogens is 773 g/mol. The van der Waals surface area contributed by atoms with Crippen LogP contribution >= 0.6 is 0 Å². The molecule has 7 rings (SSSR count). The molecule has 0 radical (unpaired) electrons. The molecule has 3 aliphatic rings. The lowest BCUT2D eigenvalue weighted by atomic mass is 9.70. The van der Waals surface area contributed by atoms with E-state index in [1.807, 2.05) is 0 Å². The van der Waals surface area contributed by atoms with Crippen molar-refractivity contribution < 1.29 is 59.0 Å². The van der Waals surface area contributed by atoms with E-state index >= 15 is 0 Å². The summed E-state index contributed by atoms with van der Waals surface area (Å²) in [7, 11) is 0. The normalized spacial score (nSPS) is 19.1. The highest BCUT2D eigenvalue weighted by molar-refractivity contribution is 5.94. The molecule has 4 heterocycles. The number of aliphatic carboxylic acids is 1. The second-order valence-corrected chi connectivity index (χ2v) is 14.8. The van der Waals surface area contributed by atoms with Crippen LogP contribution in [0.4, 0.5) is 39.5 Å². The zero-order chi connectivity index (χ0) is 41.1. The van der Waals surface area contributed by atoms with Crippen LogP contribution in [-0.2, 0) is 34.9 Å². The second kappa shape index (κ2) is 14.1. The highest BCUT2D eigenvalue weighted by Gasteiger charge is 2.71. The predicted octanol–water partition coefficient (Wildman–Crippen LogP) is 7.53. The van der Waals surface area contributed by atoms with Gasteiger partial charge in [-0.2, -0.15) is 44.6 Å². The van der Waals surface area contributed by atoms with Crippen molar-refractivity contribution in [1.82, 2.24) is 24.6 Å². The van der Waals surface area contributed by atoms with E-state index in [-0.39, 0.29) is 74.5 Å². The number of carbonyl (C=O) groups excluding carboxylic acids is 2. The van der Waals surface area contributed by atoms with Crippen LogP contribution in [0.3, 0.4) is 0 Å². The summed E-state index contributed by atoms with van der Waals surface area (Å²) < 4.78 is 121. The van der Waals surface area contributed by atoms with Gasteiger partial charge < -0.3 is 14.9 Å². The molecule has 4 aromatic rings. The van der Waals surface area contributed by atoms with Gasteiger partial charge in [0.25, 0.3) is 5.91 Å². The minimum Gasteiger partial charge on any atom is -0.478 e. The monoisotopic (exact) mass is 805 g/mol. The van der Waals surface area contributed by atoms with E-state index in [9.17, 15) is 59.0 Å². The van der Waals surface area contributed by atoms with Gasteiger partial charge in [0.2, 0.25) is 5.91 Å². The zero-order valence-corrected chi connectivity index (χ0v) is 29.6. The Kier molecular flexibility index (Phi) is 9.75. The van der Waals surface area contributed by atoms with Crippen molar-refractivity contribution in [1.29, 1.82) is 0 Å². The number of aromatic nitrogens is 3. The molecule has 2 aromatic heterocycles. The van der Waals surface area contributed by atoms with Crippen LogP contribution in [0.5, 0.6) is 0 Å². The van der Waals surface area contributed by atoms with Crippen molar-refractivity contribution in [2.45, 2.75) is 44.3 Å². The molecule has 1 N–H and O–H groups in total. The molecule has 2 aromatic carbocycles. The molecule has 2 amide bonds. The molecule has 0 bridgehead atoms. The fourth-order valence-corrected chi connectivity index (χ4v) is 7.56. The van der Waals surface area contributed by atoms with Crippen LogP contribution in [0.2, 0.25) is 0 Å². The molecule has 300 valence electrons. The maximum atomic E-state index is 13.9. The van der Waals surface area contributed by atoms with Gasteiger partial charge in [0.15, 0.2) is 0 Å². The predicted molar refractivity (Wildman–Crippen MR) is 183 cm³/mol. The number of rotatable bonds is 9. The average molecular weight is 806 g/mol. The Morgan fingerprint density at radius 3 is 1.96 bits per heavy atom. The van der Waals surface area contributed by atoms with E-state index in [1.165, 1.54) is 58.4 Å². The lowest BCUT2D eigenvalue weighted by Gasteiger charge is -2.51. The summed E-state index contributed by atoms with van der Waals surface area (Å²) in [6.07, 6.45) is -10.7. The smallest absolute Gasteiger partial charge is 0.416 e. The number of amides is 2. The van der Waals surface area contributed by atoms with Gasteiger partial charge in [0.1, 0.15) is 5.41 Å². The van der Waals surface area contributed by atoms with E-state index < -0.39 is 64.2 Å². The summed E-state index contributed by atoms with van der Waals surface area (Å²) in [5.74, 6) is -3.69. The highest BCUT2D eigenvalue weighted by Crippen LogP contribution is 2.60. The van der Waals surface area contributed by atoms with E-state index in [0.29, 0.717) is 11.1 Å². The Bertz CT molecular complexity index is 2220. The van der Waals surface area contributed by atoms with Crippen LogP contribution in [-0.4, -0.2) is 79.8 Å². The number of hydrogen-bond acceptors (Lipinski definition) is 5. The van der Waals surface area contributed by atoms with Crippen molar-refractivity contribution >= 4 is 17.8 Å². The summed E-state index contributed by atoms with van der Waals surface area (Å²) in [5.41, 5.74) is -3.84. The van der Waals surface area contributed by atoms with Crippen molar-refractivity contribution in [3.8, 4) is 11.3 Å². The maximum Gasteiger partial charge on any atom is 0.416 e. The van der Waals surface area contributed by atoms with Crippen molar-refractivity contribution in [2.75, 3.05) is 26.2 Å². The molecule has 1 saturated carbocycles. The zero-order valence-electron chi connectivity index (χ0n) is 29.6. The Morgan fingerprint density at radius 1 is 0.807 bits per heavy atom. The third kappa shape index (κ3) is 7.85. The Labute approximate surface area is 318 Å². The number of carbonyl (C=O) groups is 3. The molecule has 1 unspecified atom stereocenters. The van der Waals surface area contributed by atoms with E-state index in [1.54, 1.807) is 12.1 Å². The van der Waals surface area contributed by atoms with Crippen LogP contribution in [0.15, 0.2) is 90.8 Å². The molecule has 2 aliphatic heterocycles. The first-order chi connectivity index (χ1) is 26.7. The number of pyridine rings is 1. The quantitative estimate of drug-likeness (QED) is 0.139. The molecule has 18 heteroatoms. The van der Waals surface area contributed by atoms with Crippen LogP contribution in [0.1, 0.15) is 45.6 Å². The minimum absolute atomic E-state index is 0.0333. The molecule has 1 aliphatic carbocycles. The summed E-state index contributed by atoms with van der Waals surface area (Å²) >= 11 is 0. The van der Waals surface area contributed by atoms with Gasteiger partial charge in [-0.1, -0.05) is 36.4 Å². The fraction of sp³-hybridized carbons (Fsp3) is 0.359. The third-order valence-electron chi connectivity index (χ3n) is 10.9. The number of likely N-dealkylation sites (tertiary alicyclic amines) is 2. The van der Waals surface area contributed by atoms with Gasteiger partial charge in [-0.25, -0.2) is 4.79 Å². The topological polar surface area (TPSA) is 109 Å². The van der Waals surface area contributed by atoms with Gasteiger partial charge in [-0.05, 0) is 54.8 Å². The number of alkyl halides is 9. The molecule has 1 atom stereocenters. The summed E-state index contributed by atoms with van der Waals surface area (Å²) in [5, 5.41) is 14.4. The van der Waals surface area contributed by atoms with Crippen LogP contribution in [0, 0.1) is 16.7 Å². The van der Waals surface area contributed by atoms with Gasteiger partial charge in [0, 0.05) is 67.0 Å². The van der Waals surface area contributed by atoms with Crippen molar-refractivity contribution in [3.05, 3.63) is 119 Å². The standard InChI is InChI=1S/C39H32F9N5O4/c40-37(41,42)27-8-4-23(5-9-27)17-53-18-26(16-49-53)32(54)51-19-29(35(20-51)21-52(22-35)34(57)36(12-13-36)39(46,47)48)14-25(33(55)56)15-30-2-1-3-31(50-30)24-6-10-28(11-7-24)38(43,44)45/h1-11,14,16,18,29H,12-13,15,17,19-22H2,(H,55,56). The Hall–Kier alpha value is -5.68. The summed E-state index contributed by atoms with van der Waals surface area (Å²) in [6.45, 7) is -0.402. The largest absolute Gasteiger partial charge is 0.478 e. The molecule has 9 nitrogen and oxygen atoms in total. The minimum atomic E-state index is -4.75. The number of benzene rings is 2. The van der Waals surface area contributed by atoms with E-state index in [0.717, 1.165) is 29.2 Å². The molecule has 3 fully saturated rings. The van der Waals surface area contributed by atoms with Crippen LogP contribution < -0.4 is 0 Å². The lowest BCUT2D eigenvalue weighted by Crippen LogP contribution is -2.64. The lowest BCUT2D eigenvalue weighted by molar-refractivity contribution is -0.205. The Morgan fingerprint density at radius 2 is 1.40 bits per heavy atom. The number of halogens is 9. The number of carboxylic acid groups (broad SMARTS) is 1. The van der Waals surface area contributed by atoms with Gasteiger partial charge >= 0.3 is 24.5 Å². The maximum absolute atomic E-state index is 13.9. The molecular formula is C39H32F9N5O4. The summed E-state index contributed by atoms with van der Waals surface area (Å²) in [6, 6.07) is 13.3. The molecule has 2 saturated heterocycles. The SMILES string of the molecule is O=C(O)C(=CC1CN(C(=O)c2cnn(Cc3ccc(C(F)(F)F)cc3)c2)CC12CN(C(=O)C1(C(F)(F)F)CC1)C2)Cc1cccc(-c2ccc(C(F)(F)F)cc2)n1.